The van der Waals surface area contributed by atoms with Crippen molar-refractivity contribution in [1.82, 2.24) is 4.90 Å². The van der Waals surface area contributed by atoms with E-state index >= 15 is 0 Å². The van der Waals surface area contributed by atoms with Gasteiger partial charge in [0.25, 0.3) is 0 Å². The molecule has 0 N–H and O–H groups in total. The van der Waals surface area contributed by atoms with Crippen molar-refractivity contribution in [1.29, 1.82) is 0 Å². The summed E-state index contributed by atoms with van der Waals surface area (Å²) in [5.74, 6) is 0.975. The molecule has 3 nitrogen and oxygen atoms in total. The van der Waals surface area contributed by atoms with Gasteiger partial charge in [-0.3, -0.25) is 0 Å². The topological polar surface area (TPSA) is 24.8 Å². The average molecular weight is 337 g/mol. The largest absolute Gasteiger partial charge is 0.497 e. The fourth-order valence-electron chi connectivity index (χ4n) is 3.19. The predicted molar refractivity (Wildman–Crippen MR) is 91.8 cm³/mol. The molecule has 2 aliphatic rings. The Labute approximate surface area is 140 Å². The predicted octanol–water partition coefficient (Wildman–Crippen LogP) is 4.34. The van der Waals surface area contributed by atoms with Crippen LogP contribution in [0.1, 0.15) is 18.4 Å². The van der Waals surface area contributed by atoms with Gasteiger partial charge in [0.05, 0.1) is 24.1 Å². The van der Waals surface area contributed by atoms with E-state index < -0.39 is 0 Å². The lowest BCUT2D eigenvalue weighted by molar-refractivity contribution is 0.347. The Morgan fingerprint density at radius 3 is 2.50 bits per heavy atom. The maximum Gasteiger partial charge on any atom is 0.118 e. The van der Waals surface area contributed by atoms with Crippen LogP contribution in [-0.2, 0) is 0 Å². The Morgan fingerprint density at radius 1 is 1.23 bits per heavy atom. The van der Waals surface area contributed by atoms with Gasteiger partial charge in [-0.2, -0.15) is 0 Å². The van der Waals surface area contributed by atoms with E-state index in [9.17, 15) is 0 Å². The van der Waals surface area contributed by atoms with E-state index in [1.54, 1.807) is 13.3 Å². The summed E-state index contributed by atoms with van der Waals surface area (Å²) in [7, 11) is 3.73. The molecule has 5 heteroatoms. The van der Waals surface area contributed by atoms with Crippen molar-refractivity contribution in [2.24, 2.45) is 10.9 Å². The third-order valence-electron chi connectivity index (χ3n) is 4.45. The van der Waals surface area contributed by atoms with E-state index in [1.165, 1.54) is 5.56 Å². The van der Waals surface area contributed by atoms with Gasteiger partial charge in [-0.05, 0) is 23.8 Å². The minimum absolute atomic E-state index is 0.0472. The van der Waals surface area contributed by atoms with Crippen molar-refractivity contribution in [2.75, 3.05) is 14.2 Å². The van der Waals surface area contributed by atoms with Crippen LogP contribution in [0, 0.1) is 5.92 Å². The standard InChI is InChI=1S/C17H18Cl2N2O/c1-10(11-4-6-12(22-3)7-5-11)16-15(18)14-13(21(16)2)8-9-20-17(14)19/h4-10,13-14H,1-3H3. The molecule has 0 saturated heterocycles. The van der Waals surface area contributed by atoms with Gasteiger partial charge in [-0.25, -0.2) is 4.99 Å². The molecule has 0 saturated carbocycles. The number of aliphatic imine (C=N–C) groups is 1. The van der Waals surface area contributed by atoms with Crippen LogP contribution < -0.4 is 4.74 Å². The molecule has 2 heterocycles. The SMILES string of the molecule is COc1ccc(C(C)C2=C(Cl)C3C(Cl)=NC=CC3N2C)cc1. The number of methoxy groups -OCH3 is 1. The zero-order chi connectivity index (χ0) is 15.9. The van der Waals surface area contributed by atoms with Crippen LogP contribution >= 0.6 is 23.2 Å². The van der Waals surface area contributed by atoms with Crippen molar-refractivity contribution in [2.45, 2.75) is 18.9 Å². The maximum absolute atomic E-state index is 6.66. The minimum Gasteiger partial charge on any atom is -0.497 e. The normalized spacial score (nSPS) is 25.1. The Kier molecular flexibility index (Phi) is 4.20. The van der Waals surface area contributed by atoms with Crippen LogP contribution in [0.5, 0.6) is 5.75 Å². The molecule has 2 aliphatic heterocycles. The summed E-state index contributed by atoms with van der Waals surface area (Å²) in [6, 6.07) is 8.23. The molecule has 0 bridgehead atoms. The van der Waals surface area contributed by atoms with Gasteiger partial charge >= 0.3 is 0 Å². The van der Waals surface area contributed by atoms with E-state index in [2.05, 4.69) is 36.0 Å². The Balaban J connectivity index is 1.95. The first-order valence-electron chi connectivity index (χ1n) is 7.20. The lowest BCUT2D eigenvalue weighted by atomic mass is 9.96. The number of likely N-dealkylation sites (N-methyl/N-ethyl adjacent to an activating group) is 1. The first kappa shape index (κ1) is 15.4. The van der Waals surface area contributed by atoms with E-state index in [0.717, 1.165) is 16.5 Å². The molecule has 22 heavy (non-hydrogen) atoms. The van der Waals surface area contributed by atoms with Crippen LogP contribution in [0.3, 0.4) is 0 Å². The number of hydrogen-bond acceptors (Lipinski definition) is 3. The summed E-state index contributed by atoms with van der Waals surface area (Å²) in [6.45, 7) is 2.15. The molecular weight excluding hydrogens is 319 g/mol. The van der Waals surface area contributed by atoms with Crippen LogP contribution in [0.15, 0.2) is 52.3 Å². The van der Waals surface area contributed by atoms with E-state index in [0.29, 0.717) is 5.17 Å². The minimum atomic E-state index is -0.0472. The molecule has 1 aromatic rings. The van der Waals surface area contributed by atoms with Crippen molar-refractivity contribution in [3.05, 3.63) is 52.8 Å². The molecule has 1 aromatic carbocycles. The highest BCUT2D eigenvalue weighted by atomic mass is 35.5. The number of allylic oxidation sites excluding steroid dienone is 1. The highest BCUT2D eigenvalue weighted by Gasteiger charge is 2.42. The summed E-state index contributed by atoms with van der Waals surface area (Å²) in [5, 5.41) is 1.34. The van der Waals surface area contributed by atoms with Gasteiger partial charge in [-0.15, -0.1) is 0 Å². The highest BCUT2D eigenvalue weighted by molar-refractivity contribution is 6.67. The lowest BCUT2D eigenvalue weighted by Crippen LogP contribution is -2.33. The highest BCUT2D eigenvalue weighted by Crippen LogP contribution is 2.45. The van der Waals surface area contributed by atoms with Gasteiger partial charge in [0.1, 0.15) is 10.9 Å². The number of rotatable bonds is 3. The van der Waals surface area contributed by atoms with Gasteiger partial charge < -0.3 is 9.64 Å². The van der Waals surface area contributed by atoms with Crippen LogP contribution in [0.25, 0.3) is 0 Å². The molecule has 0 aromatic heterocycles. The summed E-state index contributed by atoms with van der Waals surface area (Å²) < 4.78 is 5.22. The molecule has 3 rings (SSSR count). The summed E-state index contributed by atoms with van der Waals surface area (Å²) in [5.41, 5.74) is 2.29. The zero-order valence-corrected chi connectivity index (χ0v) is 14.3. The molecule has 0 aliphatic carbocycles. The first-order chi connectivity index (χ1) is 10.5. The number of benzene rings is 1. The summed E-state index contributed by atoms with van der Waals surface area (Å²) >= 11 is 12.9. The second kappa shape index (κ2) is 5.98. The van der Waals surface area contributed by atoms with E-state index in [4.69, 9.17) is 27.9 Å². The van der Waals surface area contributed by atoms with Gasteiger partial charge in [-0.1, -0.05) is 42.3 Å². The van der Waals surface area contributed by atoms with Gasteiger partial charge in [0, 0.05) is 24.9 Å². The molecule has 3 unspecified atom stereocenters. The van der Waals surface area contributed by atoms with Crippen LogP contribution in [0.2, 0.25) is 0 Å². The molecule has 116 valence electrons. The monoisotopic (exact) mass is 336 g/mol. The lowest BCUT2D eigenvalue weighted by Gasteiger charge is -2.29. The molecule has 0 spiro atoms. The maximum atomic E-state index is 6.66. The van der Waals surface area contributed by atoms with E-state index in [1.807, 2.05) is 18.2 Å². The number of fused-ring (bicyclic) bond motifs is 1. The van der Waals surface area contributed by atoms with Crippen molar-refractivity contribution < 1.29 is 4.74 Å². The number of ether oxygens (including phenoxy) is 1. The first-order valence-corrected chi connectivity index (χ1v) is 7.96. The Morgan fingerprint density at radius 2 is 1.91 bits per heavy atom. The van der Waals surface area contributed by atoms with Gasteiger partial charge in [0.15, 0.2) is 0 Å². The second-order valence-corrected chi connectivity index (χ2v) is 6.39. The summed E-state index contributed by atoms with van der Waals surface area (Å²) in [4.78, 5) is 6.39. The summed E-state index contributed by atoms with van der Waals surface area (Å²) in [6.07, 6.45) is 3.80. The zero-order valence-electron chi connectivity index (χ0n) is 12.8. The van der Waals surface area contributed by atoms with Crippen LogP contribution in [0.4, 0.5) is 0 Å². The van der Waals surface area contributed by atoms with Gasteiger partial charge in [0.2, 0.25) is 0 Å². The number of halogens is 2. The fraction of sp³-hybridized carbons (Fsp3) is 0.353. The molecule has 0 amide bonds. The molecule has 3 atom stereocenters. The molecule has 0 fully saturated rings. The van der Waals surface area contributed by atoms with Crippen molar-refractivity contribution in [3.63, 3.8) is 0 Å². The van der Waals surface area contributed by atoms with E-state index in [-0.39, 0.29) is 17.9 Å². The number of nitrogens with zero attached hydrogens (tertiary/aromatic N) is 2. The Hall–Kier alpha value is -1.45. The molecular formula is C17H18Cl2N2O. The molecule has 0 radical (unpaired) electrons. The van der Waals surface area contributed by atoms with Crippen molar-refractivity contribution >= 4 is 28.4 Å². The second-order valence-electron chi connectivity index (χ2n) is 5.60. The fourth-order valence-corrected chi connectivity index (χ4v) is 4.07. The quantitative estimate of drug-likeness (QED) is 0.819. The average Bonchev–Trinajstić information content (AvgIpc) is 2.79. The Bertz CT molecular complexity index is 664. The third-order valence-corrected chi connectivity index (χ3v) is 5.21. The number of hydrogen-bond donors (Lipinski definition) is 0. The smallest absolute Gasteiger partial charge is 0.118 e. The van der Waals surface area contributed by atoms with Crippen molar-refractivity contribution in [3.8, 4) is 5.75 Å². The third kappa shape index (κ3) is 2.42. The van der Waals surface area contributed by atoms with Crippen LogP contribution in [-0.4, -0.2) is 30.3 Å².